The first kappa shape index (κ1) is 34.9. The summed E-state index contributed by atoms with van der Waals surface area (Å²) in [6.07, 6.45) is 6.81. The summed E-state index contributed by atoms with van der Waals surface area (Å²) in [6, 6.07) is 15.9. The highest BCUT2D eigenvalue weighted by molar-refractivity contribution is 5.95. The van der Waals surface area contributed by atoms with Gasteiger partial charge in [-0.2, -0.15) is 0 Å². The van der Waals surface area contributed by atoms with Crippen molar-refractivity contribution in [2.24, 2.45) is 28.5 Å². The van der Waals surface area contributed by atoms with Crippen LogP contribution in [0.15, 0.2) is 53.5 Å². The number of nitrogens with one attached hydrogen (secondary N) is 2. The van der Waals surface area contributed by atoms with Gasteiger partial charge in [0.05, 0.1) is 11.3 Å². The van der Waals surface area contributed by atoms with E-state index in [-0.39, 0.29) is 29.1 Å². The summed E-state index contributed by atoms with van der Waals surface area (Å²) >= 11 is 0. The van der Waals surface area contributed by atoms with E-state index in [0.717, 1.165) is 63.6 Å². The minimum absolute atomic E-state index is 0.0258. The second kappa shape index (κ2) is 14.8. The summed E-state index contributed by atoms with van der Waals surface area (Å²) in [5.74, 6) is 1.75. The highest BCUT2D eigenvalue weighted by atomic mass is 16.3. The lowest BCUT2D eigenvalue weighted by Crippen LogP contribution is -2.58. The fraction of sp³-hybridized carbons (Fsp3) is 0.615. The van der Waals surface area contributed by atoms with Gasteiger partial charge in [-0.1, -0.05) is 71.0 Å². The van der Waals surface area contributed by atoms with E-state index in [1.807, 2.05) is 30.3 Å². The number of carbonyl (C=O) groups excluding carboxylic acids is 2. The number of benzene rings is 2. The molecule has 1 aliphatic heterocycles. The van der Waals surface area contributed by atoms with Gasteiger partial charge in [-0.25, -0.2) is 0 Å². The van der Waals surface area contributed by atoms with Crippen LogP contribution in [0, 0.1) is 17.8 Å². The first-order valence-corrected chi connectivity index (χ1v) is 18.0. The van der Waals surface area contributed by atoms with Crippen molar-refractivity contribution in [3.8, 4) is 5.75 Å². The molecule has 1 heterocycles. The zero-order valence-corrected chi connectivity index (χ0v) is 29.2. The SMILES string of the molecule is CCCC(N)=NCCCCNC(=O)C(CC(C)C)NC(=O)[C@]1(c2ccccc2)CC1CN1CC[C@@]2(C)c3cc(O)ccc3CC1C2C. The number of piperidine rings is 1. The number of rotatable bonds is 15. The Balaban J connectivity index is 1.26. The molecule has 8 nitrogen and oxygen atoms in total. The zero-order chi connectivity index (χ0) is 33.8. The number of amides is 2. The Bertz CT molecular complexity index is 1430. The number of hydrogen-bond donors (Lipinski definition) is 4. The maximum absolute atomic E-state index is 14.4. The lowest BCUT2D eigenvalue weighted by Gasteiger charge is -2.55. The highest BCUT2D eigenvalue weighted by Crippen LogP contribution is 2.57. The van der Waals surface area contributed by atoms with Crippen LogP contribution in [0.1, 0.15) is 96.3 Å². The number of likely N-dealkylation sites (tertiary alicyclic amines) is 1. The number of nitrogens with two attached hydrogens (primary N) is 1. The fourth-order valence-corrected chi connectivity index (χ4v) is 8.37. The zero-order valence-electron chi connectivity index (χ0n) is 29.2. The number of phenolic OH excluding ortho intramolecular Hbond substituents is 1. The summed E-state index contributed by atoms with van der Waals surface area (Å²) < 4.78 is 0. The van der Waals surface area contributed by atoms with Crippen LogP contribution in [0.5, 0.6) is 5.75 Å². The van der Waals surface area contributed by atoms with E-state index >= 15 is 0 Å². The van der Waals surface area contributed by atoms with Gasteiger partial charge in [0.2, 0.25) is 11.8 Å². The van der Waals surface area contributed by atoms with Crippen LogP contribution < -0.4 is 16.4 Å². The topological polar surface area (TPSA) is 120 Å². The maximum atomic E-state index is 14.4. The number of phenols is 1. The number of unbranched alkanes of at least 4 members (excludes halogenated alkanes) is 1. The third-order valence-corrected chi connectivity index (χ3v) is 11.4. The van der Waals surface area contributed by atoms with Crippen LogP contribution in [-0.4, -0.2) is 65.9 Å². The van der Waals surface area contributed by atoms with Gasteiger partial charge in [-0.05, 0) is 103 Å². The van der Waals surface area contributed by atoms with Gasteiger partial charge in [0, 0.05) is 32.1 Å². The predicted molar refractivity (Wildman–Crippen MR) is 190 cm³/mol. The van der Waals surface area contributed by atoms with Crippen LogP contribution in [-0.2, 0) is 26.8 Å². The highest BCUT2D eigenvalue weighted by Gasteiger charge is 2.62. The summed E-state index contributed by atoms with van der Waals surface area (Å²) in [7, 11) is 0. The average molecular weight is 644 g/mol. The van der Waals surface area contributed by atoms with Crippen LogP contribution in [0.3, 0.4) is 0 Å². The molecule has 5 rings (SSSR count). The van der Waals surface area contributed by atoms with E-state index in [1.54, 1.807) is 0 Å². The van der Waals surface area contributed by atoms with Gasteiger partial charge < -0.3 is 21.5 Å². The van der Waals surface area contributed by atoms with Gasteiger partial charge in [-0.15, -0.1) is 0 Å². The third kappa shape index (κ3) is 7.53. The van der Waals surface area contributed by atoms with Crippen LogP contribution >= 0.6 is 0 Å². The number of aromatic hydroxyl groups is 1. The molecular weight excluding hydrogens is 586 g/mol. The number of nitrogens with zero attached hydrogens (tertiary/aromatic N) is 2. The first-order valence-electron chi connectivity index (χ1n) is 18.0. The lowest BCUT2D eigenvalue weighted by atomic mass is 9.59. The molecule has 0 radical (unpaired) electrons. The van der Waals surface area contributed by atoms with Crippen LogP contribution in [0.25, 0.3) is 0 Å². The van der Waals surface area contributed by atoms with Gasteiger partial charge >= 0.3 is 0 Å². The fourth-order valence-electron chi connectivity index (χ4n) is 8.37. The van der Waals surface area contributed by atoms with E-state index in [0.29, 0.717) is 43.1 Å². The molecule has 2 bridgehead atoms. The van der Waals surface area contributed by atoms with Crippen LogP contribution in [0.4, 0.5) is 0 Å². The Morgan fingerprint density at radius 2 is 1.91 bits per heavy atom. The number of fused-ring (bicyclic) bond motifs is 4. The van der Waals surface area contributed by atoms with Crippen molar-refractivity contribution in [1.29, 1.82) is 0 Å². The Hall–Kier alpha value is -3.39. The van der Waals surface area contributed by atoms with Crippen molar-refractivity contribution >= 4 is 17.6 Å². The van der Waals surface area contributed by atoms with Crippen molar-refractivity contribution in [2.45, 2.75) is 109 Å². The molecule has 3 aliphatic rings. The molecule has 5 N–H and O–H groups in total. The number of carbonyl (C=O) groups is 2. The summed E-state index contributed by atoms with van der Waals surface area (Å²) in [5.41, 5.74) is 8.95. The molecule has 4 unspecified atom stereocenters. The Morgan fingerprint density at radius 3 is 2.64 bits per heavy atom. The van der Waals surface area contributed by atoms with E-state index in [2.05, 4.69) is 73.3 Å². The molecule has 1 saturated carbocycles. The van der Waals surface area contributed by atoms with E-state index in [4.69, 9.17) is 5.73 Å². The summed E-state index contributed by atoms with van der Waals surface area (Å²) in [6.45, 7) is 14.0. The Kier molecular flexibility index (Phi) is 11.0. The predicted octanol–water partition coefficient (Wildman–Crippen LogP) is 5.46. The standard InChI is InChI=1S/C39H57N5O3/c1-6-12-35(40)41-18-10-11-19-42-36(46)33(21-26(2)3)43-37(47)39(29-13-8-7-9-14-29)24-30(39)25-44-20-17-38(5)27(4)34(44)22-28-15-16-31(45)23-32(28)38/h7-9,13-16,23,26-27,30,33-34,45H,6,10-12,17-22,24-25H2,1-5H3,(H2,40,41)(H,42,46)(H,43,47)/t27?,30?,33?,34?,38-,39+/m1/s1. The van der Waals surface area contributed by atoms with Gasteiger partial charge in [0.1, 0.15) is 11.8 Å². The minimum atomic E-state index is -0.643. The number of aliphatic imine (C=N–C) groups is 1. The van der Waals surface area contributed by atoms with Gasteiger partial charge in [0.25, 0.3) is 0 Å². The molecule has 2 amide bonds. The maximum Gasteiger partial charge on any atom is 0.242 e. The molecule has 1 saturated heterocycles. The van der Waals surface area contributed by atoms with E-state index < -0.39 is 11.5 Å². The molecular formula is C39H57N5O3. The first-order chi connectivity index (χ1) is 22.5. The van der Waals surface area contributed by atoms with Crippen molar-refractivity contribution in [3.05, 3.63) is 65.2 Å². The van der Waals surface area contributed by atoms with Crippen molar-refractivity contribution in [3.63, 3.8) is 0 Å². The van der Waals surface area contributed by atoms with Gasteiger partial charge in [0.15, 0.2) is 0 Å². The minimum Gasteiger partial charge on any atom is -0.508 e. The molecule has 2 fully saturated rings. The normalized spacial score (nSPS) is 27.6. The molecule has 8 heteroatoms. The summed E-state index contributed by atoms with van der Waals surface area (Å²) in [4.78, 5) is 34.8. The molecule has 0 spiro atoms. The Morgan fingerprint density at radius 1 is 1.15 bits per heavy atom. The van der Waals surface area contributed by atoms with Crippen molar-refractivity contribution < 1.29 is 14.7 Å². The molecule has 2 aromatic carbocycles. The second-order valence-corrected chi connectivity index (χ2v) is 15.1. The number of hydrogen-bond acceptors (Lipinski definition) is 5. The smallest absolute Gasteiger partial charge is 0.242 e. The molecule has 0 aromatic heterocycles. The molecule has 47 heavy (non-hydrogen) atoms. The third-order valence-electron chi connectivity index (χ3n) is 11.4. The second-order valence-electron chi connectivity index (χ2n) is 15.1. The van der Waals surface area contributed by atoms with Gasteiger partial charge in [-0.3, -0.25) is 19.5 Å². The quantitative estimate of drug-likeness (QED) is 0.117. The van der Waals surface area contributed by atoms with Crippen LogP contribution in [0.2, 0.25) is 0 Å². The summed E-state index contributed by atoms with van der Waals surface area (Å²) in [5, 5.41) is 16.6. The Labute approximate surface area is 282 Å². The monoisotopic (exact) mass is 643 g/mol. The lowest BCUT2D eigenvalue weighted by molar-refractivity contribution is -0.131. The van der Waals surface area contributed by atoms with Crippen molar-refractivity contribution in [1.82, 2.24) is 15.5 Å². The number of amidine groups is 1. The largest absolute Gasteiger partial charge is 0.508 e. The average Bonchev–Trinajstić information content (AvgIpc) is 3.77. The molecule has 256 valence electrons. The van der Waals surface area contributed by atoms with Crippen molar-refractivity contribution in [2.75, 3.05) is 26.2 Å². The molecule has 6 atom stereocenters. The molecule has 2 aliphatic carbocycles. The van der Waals surface area contributed by atoms with E-state index in [1.165, 1.54) is 11.1 Å². The molecule has 2 aromatic rings. The van der Waals surface area contributed by atoms with E-state index in [9.17, 15) is 14.7 Å².